The topological polar surface area (TPSA) is 29.1 Å². The zero-order valence-corrected chi connectivity index (χ0v) is 21.3. The van der Waals surface area contributed by atoms with Crippen LogP contribution in [0.5, 0.6) is 0 Å². The SMILES string of the molecule is CC(=O)NC1=CCC2(C)C(CCC3C2CCC2(C)C(C(C)CCCC(C)C)CCC32)C1. The first kappa shape index (κ1) is 23.4. The maximum Gasteiger partial charge on any atom is 0.220 e. The highest BCUT2D eigenvalue weighted by atomic mass is 16.1. The minimum Gasteiger partial charge on any atom is -0.330 e. The van der Waals surface area contributed by atoms with Gasteiger partial charge in [0.1, 0.15) is 0 Å². The molecule has 8 atom stereocenters. The van der Waals surface area contributed by atoms with E-state index in [-0.39, 0.29) is 5.91 Å². The highest BCUT2D eigenvalue weighted by molar-refractivity contribution is 5.74. The smallest absolute Gasteiger partial charge is 0.220 e. The number of hydrogen-bond acceptors (Lipinski definition) is 1. The second-order valence-electron chi connectivity index (χ2n) is 13.0. The molecule has 1 N–H and O–H groups in total. The van der Waals surface area contributed by atoms with Crippen molar-refractivity contribution in [2.75, 3.05) is 0 Å². The molecule has 4 aliphatic rings. The van der Waals surface area contributed by atoms with Gasteiger partial charge in [-0.05, 0) is 104 Å². The van der Waals surface area contributed by atoms with Gasteiger partial charge in [0.05, 0.1) is 0 Å². The second-order valence-corrected chi connectivity index (χ2v) is 13.0. The molecule has 2 nitrogen and oxygen atoms in total. The zero-order valence-electron chi connectivity index (χ0n) is 21.3. The van der Waals surface area contributed by atoms with Crippen LogP contribution in [0.1, 0.15) is 112 Å². The fraction of sp³-hybridized carbons (Fsp3) is 0.897. The lowest BCUT2D eigenvalue weighted by molar-refractivity contribution is -0.119. The number of rotatable bonds is 6. The first-order valence-corrected chi connectivity index (χ1v) is 13.6. The summed E-state index contributed by atoms with van der Waals surface area (Å²) in [4.78, 5) is 11.6. The van der Waals surface area contributed by atoms with Gasteiger partial charge >= 0.3 is 0 Å². The molecule has 0 aromatic carbocycles. The van der Waals surface area contributed by atoms with Crippen LogP contribution < -0.4 is 5.32 Å². The molecule has 0 bridgehead atoms. The number of amides is 1. The molecule has 0 heterocycles. The van der Waals surface area contributed by atoms with Crippen molar-refractivity contribution in [2.24, 2.45) is 52.3 Å². The van der Waals surface area contributed by atoms with E-state index in [2.05, 4.69) is 46.0 Å². The third-order valence-electron chi connectivity index (χ3n) is 10.9. The Kier molecular flexibility index (Phi) is 6.68. The lowest BCUT2D eigenvalue weighted by atomic mass is 9.45. The van der Waals surface area contributed by atoms with Crippen molar-refractivity contribution in [3.05, 3.63) is 11.8 Å². The van der Waals surface area contributed by atoms with E-state index in [1.54, 1.807) is 6.92 Å². The Balaban J connectivity index is 1.46. The molecule has 0 aromatic heterocycles. The van der Waals surface area contributed by atoms with Crippen molar-refractivity contribution in [2.45, 2.75) is 112 Å². The van der Waals surface area contributed by atoms with E-state index < -0.39 is 0 Å². The van der Waals surface area contributed by atoms with Crippen LogP contribution in [-0.2, 0) is 4.79 Å². The summed E-state index contributed by atoms with van der Waals surface area (Å²) in [6.07, 6.45) is 17.6. The first-order valence-electron chi connectivity index (χ1n) is 13.6. The number of fused-ring (bicyclic) bond motifs is 5. The van der Waals surface area contributed by atoms with Crippen LogP contribution in [0, 0.1) is 52.3 Å². The summed E-state index contributed by atoms with van der Waals surface area (Å²) >= 11 is 0. The Morgan fingerprint density at radius 3 is 2.48 bits per heavy atom. The summed E-state index contributed by atoms with van der Waals surface area (Å²) in [6.45, 7) is 14.3. The van der Waals surface area contributed by atoms with E-state index in [1.807, 2.05) is 0 Å². The minimum absolute atomic E-state index is 0.0940. The van der Waals surface area contributed by atoms with Gasteiger partial charge in [0.25, 0.3) is 0 Å². The van der Waals surface area contributed by atoms with Gasteiger partial charge < -0.3 is 5.32 Å². The fourth-order valence-electron chi connectivity index (χ4n) is 9.23. The molecule has 0 spiro atoms. The van der Waals surface area contributed by atoms with Gasteiger partial charge in [0.15, 0.2) is 0 Å². The number of carbonyl (C=O) groups excluding carboxylic acids is 1. The van der Waals surface area contributed by atoms with Crippen LogP contribution in [0.15, 0.2) is 11.8 Å². The molecule has 4 rings (SSSR count). The summed E-state index contributed by atoms with van der Waals surface area (Å²) in [5.41, 5.74) is 2.24. The predicted molar refractivity (Wildman–Crippen MR) is 130 cm³/mol. The summed E-state index contributed by atoms with van der Waals surface area (Å²) in [7, 11) is 0. The highest BCUT2D eigenvalue weighted by Crippen LogP contribution is 2.68. The molecule has 8 unspecified atom stereocenters. The maximum atomic E-state index is 11.6. The van der Waals surface area contributed by atoms with E-state index in [1.165, 1.54) is 69.9 Å². The number of nitrogens with one attached hydrogen (secondary N) is 1. The predicted octanol–water partition coefficient (Wildman–Crippen LogP) is 7.74. The van der Waals surface area contributed by atoms with Gasteiger partial charge in [0.2, 0.25) is 5.91 Å². The highest BCUT2D eigenvalue weighted by Gasteiger charge is 2.60. The molecule has 0 saturated heterocycles. The van der Waals surface area contributed by atoms with Crippen LogP contribution >= 0.6 is 0 Å². The van der Waals surface area contributed by atoms with Gasteiger partial charge in [-0.3, -0.25) is 4.79 Å². The molecule has 176 valence electrons. The molecule has 0 aliphatic heterocycles. The van der Waals surface area contributed by atoms with Crippen molar-refractivity contribution < 1.29 is 4.79 Å². The normalized spacial score (nSPS) is 42.9. The average Bonchev–Trinajstić information content (AvgIpc) is 3.05. The molecule has 3 saturated carbocycles. The van der Waals surface area contributed by atoms with Crippen LogP contribution in [-0.4, -0.2) is 5.91 Å². The Morgan fingerprint density at radius 2 is 1.77 bits per heavy atom. The van der Waals surface area contributed by atoms with Crippen molar-refractivity contribution in [3.8, 4) is 0 Å². The lowest BCUT2D eigenvalue weighted by Crippen LogP contribution is -2.53. The first-order chi connectivity index (χ1) is 14.6. The molecular formula is C29H49NO. The van der Waals surface area contributed by atoms with Crippen molar-refractivity contribution in [1.29, 1.82) is 0 Å². The molecular weight excluding hydrogens is 378 g/mol. The summed E-state index contributed by atoms with van der Waals surface area (Å²) in [6, 6.07) is 0. The molecule has 31 heavy (non-hydrogen) atoms. The third kappa shape index (κ3) is 4.26. The van der Waals surface area contributed by atoms with Gasteiger partial charge in [-0.15, -0.1) is 0 Å². The van der Waals surface area contributed by atoms with E-state index in [0.717, 1.165) is 47.8 Å². The van der Waals surface area contributed by atoms with E-state index in [0.29, 0.717) is 10.8 Å². The quantitative estimate of drug-likeness (QED) is 0.461. The van der Waals surface area contributed by atoms with Gasteiger partial charge in [-0.2, -0.15) is 0 Å². The molecule has 4 aliphatic carbocycles. The maximum absolute atomic E-state index is 11.6. The number of allylic oxidation sites excluding steroid dienone is 2. The lowest BCUT2D eigenvalue weighted by Gasteiger charge is -2.60. The average molecular weight is 428 g/mol. The standard InChI is InChI=1S/C29H49NO/c1-19(2)8-7-9-20(3)25-12-13-26-24-11-10-22-18-23(30-21(4)31)14-16-28(22,5)27(24)15-17-29(25,26)6/h14,19-20,22,24-27H,7-13,15-18H2,1-6H3,(H,30,31). The Hall–Kier alpha value is -0.790. The number of hydrogen-bond donors (Lipinski definition) is 1. The Morgan fingerprint density at radius 1 is 1.03 bits per heavy atom. The monoisotopic (exact) mass is 427 g/mol. The van der Waals surface area contributed by atoms with Crippen molar-refractivity contribution >= 4 is 5.91 Å². The summed E-state index contributed by atoms with van der Waals surface area (Å²) in [5.74, 6) is 6.36. The van der Waals surface area contributed by atoms with Crippen LogP contribution in [0.3, 0.4) is 0 Å². The fourth-order valence-corrected chi connectivity index (χ4v) is 9.23. The molecule has 0 radical (unpaired) electrons. The van der Waals surface area contributed by atoms with Gasteiger partial charge in [-0.25, -0.2) is 0 Å². The Bertz CT molecular complexity index is 695. The van der Waals surface area contributed by atoms with Crippen LogP contribution in [0.25, 0.3) is 0 Å². The van der Waals surface area contributed by atoms with E-state index in [4.69, 9.17) is 0 Å². The summed E-state index contributed by atoms with van der Waals surface area (Å²) < 4.78 is 0. The van der Waals surface area contributed by atoms with Crippen molar-refractivity contribution in [1.82, 2.24) is 5.32 Å². The Labute approximate surface area is 192 Å². The molecule has 0 aromatic rings. The third-order valence-corrected chi connectivity index (χ3v) is 10.9. The van der Waals surface area contributed by atoms with Crippen molar-refractivity contribution in [3.63, 3.8) is 0 Å². The molecule has 1 amide bonds. The van der Waals surface area contributed by atoms with E-state index in [9.17, 15) is 4.79 Å². The molecule has 3 fully saturated rings. The van der Waals surface area contributed by atoms with Crippen LogP contribution in [0.4, 0.5) is 0 Å². The largest absolute Gasteiger partial charge is 0.330 e. The van der Waals surface area contributed by atoms with Gasteiger partial charge in [-0.1, -0.05) is 60.0 Å². The molecule has 2 heteroatoms. The summed E-state index contributed by atoms with van der Waals surface area (Å²) in [5, 5.41) is 3.11. The minimum atomic E-state index is 0.0940. The van der Waals surface area contributed by atoms with Crippen LogP contribution in [0.2, 0.25) is 0 Å². The second kappa shape index (κ2) is 8.86. The van der Waals surface area contributed by atoms with E-state index >= 15 is 0 Å². The zero-order chi connectivity index (χ0) is 22.4. The van der Waals surface area contributed by atoms with Gasteiger partial charge in [0, 0.05) is 12.6 Å². The number of carbonyl (C=O) groups is 1.